The number of aliphatic hydroxyl groups excluding tert-OH is 1. The summed E-state index contributed by atoms with van der Waals surface area (Å²) in [7, 11) is 1.60. The standard InChI is InChI=1S/C23H31FN2O4/c1-23(2,3)26(22(28)29)20(13-16-7-5-9-18(24)11-16)21(27)15-25-14-17-8-6-10-19(12-17)30-4/h5-12,20-21,25,27H,13-15H2,1-4H3,(H,28,29)/t20-,21+/m0/s1. The van der Waals surface area contributed by atoms with Gasteiger partial charge in [0.15, 0.2) is 0 Å². The van der Waals surface area contributed by atoms with E-state index in [0.29, 0.717) is 12.1 Å². The van der Waals surface area contributed by atoms with Gasteiger partial charge in [-0.1, -0.05) is 24.3 Å². The van der Waals surface area contributed by atoms with Gasteiger partial charge in [-0.3, -0.25) is 4.90 Å². The number of methoxy groups -OCH3 is 1. The minimum Gasteiger partial charge on any atom is -0.497 e. The Balaban J connectivity index is 2.16. The van der Waals surface area contributed by atoms with E-state index >= 15 is 0 Å². The Kier molecular flexibility index (Phi) is 8.20. The average molecular weight is 419 g/mol. The third-order valence-corrected chi connectivity index (χ3v) is 4.86. The van der Waals surface area contributed by atoms with Gasteiger partial charge in [0.2, 0.25) is 0 Å². The molecular weight excluding hydrogens is 387 g/mol. The number of halogens is 1. The van der Waals surface area contributed by atoms with E-state index in [-0.39, 0.29) is 13.0 Å². The minimum atomic E-state index is -1.13. The first-order valence-electron chi connectivity index (χ1n) is 9.90. The van der Waals surface area contributed by atoms with Crippen molar-refractivity contribution < 1.29 is 24.1 Å². The molecule has 0 unspecified atom stereocenters. The number of nitrogens with one attached hydrogen (secondary N) is 1. The maximum atomic E-state index is 13.6. The highest BCUT2D eigenvalue weighted by atomic mass is 19.1. The highest BCUT2D eigenvalue weighted by Crippen LogP contribution is 2.23. The van der Waals surface area contributed by atoms with E-state index in [1.807, 2.05) is 24.3 Å². The molecule has 2 rings (SSSR count). The van der Waals surface area contributed by atoms with Crippen LogP contribution in [0.1, 0.15) is 31.9 Å². The van der Waals surface area contributed by atoms with E-state index in [2.05, 4.69) is 5.32 Å². The molecule has 164 valence electrons. The van der Waals surface area contributed by atoms with Crippen LogP contribution in [0.25, 0.3) is 0 Å². The van der Waals surface area contributed by atoms with Crippen LogP contribution in [-0.4, -0.2) is 52.5 Å². The van der Waals surface area contributed by atoms with Crippen LogP contribution in [0.3, 0.4) is 0 Å². The second-order valence-electron chi connectivity index (χ2n) is 8.27. The number of rotatable bonds is 9. The number of carbonyl (C=O) groups is 1. The molecule has 0 saturated carbocycles. The number of ether oxygens (including phenoxy) is 1. The molecule has 1 amide bonds. The van der Waals surface area contributed by atoms with Gasteiger partial charge >= 0.3 is 6.09 Å². The summed E-state index contributed by atoms with van der Waals surface area (Å²) >= 11 is 0. The van der Waals surface area contributed by atoms with Crippen molar-refractivity contribution in [2.45, 2.75) is 51.4 Å². The molecule has 0 radical (unpaired) electrons. The maximum absolute atomic E-state index is 13.6. The maximum Gasteiger partial charge on any atom is 0.408 e. The lowest BCUT2D eigenvalue weighted by Gasteiger charge is -2.42. The summed E-state index contributed by atoms with van der Waals surface area (Å²) in [5.74, 6) is 0.345. The Labute approximate surface area is 177 Å². The van der Waals surface area contributed by atoms with Crippen molar-refractivity contribution >= 4 is 6.09 Å². The Morgan fingerprint density at radius 2 is 1.83 bits per heavy atom. The number of carboxylic acid groups (broad SMARTS) is 1. The van der Waals surface area contributed by atoms with Crippen LogP contribution in [0.2, 0.25) is 0 Å². The van der Waals surface area contributed by atoms with Crippen molar-refractivity contribution in [3.63, 3.8) is 0 Å². The second-order valence-corrected chi connectivity index (χ2v) is 8.27. The van der Waals surface area contributed by atoms with Crippen LogP contribution in [0, 0.1) is 5.82 Å². The van der Waals surface area contributed by atoms with Crippen molar-refractivity contribution in [2.24, 2.45) is 0 Å². The predicted molar refractivity (Wildman–Crippen MR) is 114 cm³/mol. The highest BCUT2D eigenvalue weighted by molar-refractivity contribution is 5.66. The van der Waals surface area contributed by atoms with Crippen LogP contribution < -0.4 is 10.1 Å². The van der Waals surface area contributed by atoms with Gasteiger partial charge in [-0.15, -0.1) is 0 Å². The fourth-order valence-corrected chi connectivity index (χ4v) is 3.51. The number of aliphatic hydroxyl groups is 1. The topological polar surface area (TPSA) is 82.0 Å². The van der Waals surface area contributed by atoms with Crippen LogP contribution >= 0.6 is 0 Å². The zero-order chi connectivity index (χ0) is 22.3. The predicted octanol–water partition coefficient (Wildman–Crippen LogP) is 3.67. The Morgan fingerprint density at radius 1 is 1.17 bits per heavy atom. The molecule has 2 atom stereocenters. The molecule has 3 N–H and O–H groups in total. The zero-order valence-corrected chi connectivity index (χ0v) is 17.9. The average Bonchev–Trinajstić information content (AvgIpc) is 2.66. The van der Waals surface area contributed by atoms with Gasteiger partial charge in [-0.25, -0.2) is 9.18 Å². The molecule has 0 aliphatic heterocycles. The first-order valence-corrected chi connectivity index (χ1v) is 9.90. The molecule has 0 spiro atoms. The highest BCUT2D eigenvalue weighted by Gasteiger charge is 2.37. The summed E-state index contributed by atoms with van der Waals surface area (Å²) in [6.45, 7) is 5.99. The molecule has 0 fully saturated rings. The number of hydrogen-bond acceptors (Lipinski definition) is 4. The summed E-state index contributed by atoms with van der Waals surface area (Å²) in [4.78, 5) is 13.3. The van der Waals surface area contributed by atoms with Crippen LogP contribution in [0.4, 0.5) is 9.18 Å². The molecule has 30 heavy (non-hydrogen) atoms. The number of nitrogens with zero attached hydrogens (tertiary/aromatic N) is 1. The minimum absolute atomic E-state index is 0.178. The molecule has 2 aromatic rings. The van der Waals surface area contributed by atoms with E-state index in [1.54, 1.807) is 40.0 Å². The van der Waals surface area contributed by atoms with Crippen molar-refractivity contribution in [2.75, 3.05) is 13.7 Å². The monoisotopic (exact) mass is 418 g/mol. The van der Waals surface area contributed by atoms with Gasteiger partial charge in [-0.2, -0.15) is 0 Å². The van der Waals surface area contributed by atoms with E-state index < -0.39 is 29.6 Å². The molecule has 0 aliphatic carbocycles. The third kappa shape index (κ3) is 6.71. The molecule has 2 aromatic carbocycles. The van der Waals surface area contributed by atoms with Crippen molar-refractivity contribution in [1.29, 1.82) is 0 Å². The van der Waals surface area contributed by atoms with E-state index in [4.69, 9.17) is 4.74 Å². The van der Waals surface area contributed by atoms with Crippen molar-refractivity contribution in [3.05, 3.63) is 65.5 Å². The first kappa shape index (κ1) is 23.6. The Bertz CT molecular complexity index is 838. The van der Waals surface area contributed by atoms with Gasteiger partial charge in [0.1, 0.15) is 11.6 Å². The largest absolute Gasteiger partial charge is 0.497 e. The van der Waals surface area contributed by atoms with Crippen LogP contribution in [0.5, 0.6) is 5.75 Å². The molecule has 0 aromatic heterocycles. The molecule has 0 saturated heterocycles. The third-order valence-electron chi connectivity index (χ3n) is 4.86. The van der Waals surface area contributed by atoms with E-state index in [0.717, 1.165) is 11.3 Å². The zero-order valence-electron chi connectivity index (χ0n) is 17.9. The second kappa shape index (κ2) is 10.4. The molecule has 0 bridgehead atoms. The lowest BCUT2D eigenvalue weighted by Crippen LogP contribution is -2.58. The van der Waals surface area contributed by atoms with Gasteiger partial charge in [0.05, 0.1) is 19.3 Å². The molecule has 0 heterocycles. The normalized spacial score (nSPS) is 13.5. The SMILES string of the molecule is COc1cccc(CNC[C@@H](O)[C@H](Cc2cccc(F)c2)N(C(=O)O)C(C)(C)C)c1. The molecular formula is C23H31FN2O4. The lowest BCUT2D eigenvalue weighted by atomic mass is 9.94. The Hall–Kier alpha value is -2.64. The smallest absolute Gasteiger partial charge is 0.408 e. The van der Waals surface area contributed by atoms with Crippen LogP contribution in [0.15, 0.2) is 48.5 Å². The quantitative estimate of drug-likeness (QED) is 0.579. The van der Waals surface area contributed by atoms with E-state index in [1.165, 1.54) is 17.0 Å². The van der Waals surface area contributed by atoms with Gasteiger partial charge in [0.25, 0.3) is 0 Å². The van der Waals surface area contributed by atoms with Gasteiger partial charge in [0, 0.05) is 18.6 Å². The lowest BCUT2D eigenvalue weighted by molar-refractivity contribution is 0.00768. The summed E-state index contributed by atoms with van der Waals surface area (Å²) < 4.78 is 18.9. The number of amides is 1. The number of benzene rings is 2. The van der Waals surface area contributed by atoms with Gasteiger partial charge < -0.3 is 20.3 Å². The molecule has 0 aliphatic rings. The van der Waals surface area contributed by atoms with E-state index in [9.17, 15) is 19.4 Å². The summed E-state index contributed by atoms with van der Waals surface area (Å²) in [6, 6.07) is 12.8. The molecule has 6 nitrogen and oxygen atoms in total. The molecule has 7 heteroatoms. The summed E-state index contributed by atoms with van der Waals surface area (Å²) in [6.07, 6.45) is -1.92. The number of hydrogen-bond donors (Lipinski definition) is 3. The van der Waals surface area contributed by atoms with Gasteiger partial charge in [-0.05, 0) is 62.6 Å². The van der Waals surface area contributed by atoms with Crippen LogP contribution in [-0.2, 0) is 13.0 Å². The first-order chi connectivity index (χ1) is 14.1. The summed E-state index contributed by atoms with van der Waals surface area (Å²) in [5, 5.41) is 23.9. The van der Waals surface area contributed by atoms with Crippen molar-refractivity contribution in [3.8, 4) is 5.75 Å². The fraction of sp³-hybridized carbons (Fsp3) is 0.435. The summed E-state index contributed by atoms with van der Waals surface area (Å²) in [5.41, 5.74) is 0.869. The van der Waals surface area contributed by atoms with Crippen molar-refractivity contribution in [1.82, 2.24) is 10.2 Å². The Morgan fingerprint density at radius 3 is 2.43 bits per heavy atom. The fourth-order valence-electron chi connectivity index (χ4n) is 3.51.